The Morgan fingerprint density at radius 1 is 0.600 bits per heavy atom. The number of carboxylic acid groups (broad SMARTS) is 1. The fraction of sp³-hybridized carbons (Fsp3) is 0.806. The van der Waals surface area contributed by atoms with Crippen LogP contribution in [0.15, 0.2) is 0 Å². The number of carboxylic acids is 1. The van der Waals surface area contributed by atoms with Gasteiger partial charge in [-0.25, -0.2) is 9.59 Å². The van der Waals surface area contributed by atoms with Crippen LogP contribution in [-0.2, 0) is 43.0 Å². The highest BCUT2D eigenvalue weighted by Gasteiger charge is 2.28. The van der Waals surface area contributed by atoms with Gasteiger partial charge in [-0.05, 0) is 49.6 Å². The average molecular weight is 647 g/mol. The van der Waals surface area contributed by atoms with Gasteiger partial charge >= 0.3 is 23.9 Å². The average Bonchev–Trinajstić information content (AvgIpc) is 2.95. The van der Waals surface area contributed by atoms with Crippen molar-refractivity contribution in [1.29, 1.82) is 0 Å². The zero-order chi connectivity index (χ0) is 35.4. The largest absolute Gasteiger partial charge is 0.481 e. The molecule has 0 aliphatic rings. The number of nitrogens with one attached hydrogen (secondary N) is 4. The molecule has 45 heavy (non-hydrogen) atoms. The van der Waals surface area contributed by atoms with Crippen LogP contribution in [0, 0.1) is 10.8 Å². The molecule has 0 spiro atoms. The first-order valence-electron chi connectivity index (χ1n) is 15.3. The molecular formula is C31H58N4O10. The van der Waals surface area contributed by atoms with E-state index in [1.54, 1.807) is 13.8 Å². The zero-order valence-electron chi connectivity index (χ0n) is 29.1. The van der Waals surface area contributed by atoms with E-state index in [2.05, 4.69) is 77.0 Å². The molecule has 0 bridgehead atoms. The molecule has 0 aromatic heterocycles. The second-order valence-electron chi connectivity index (χ2n) is 13.0. The van der Waals surface area contributed by atoms with E-state index in [1.807, 2.05) is 0 Å². The summed E-state index contributed by atoms with van der Waals surface area (Å²) in [4.78, 5) is 70.0. The first-order valence-corrected chi connectivity index (χ1v) is 15.3. The molecule has 5 N–H and O–H groups in total. The normalized spacial score (nSPS) is 13.9. The number of hydrogen-bond donors (Lipinski definition) is 5. The van der Waals surface area contributed by atoms with Crippen molar-refractivity contribution in [3.8, 4) is 0 Å². The molecule has 0 rings (SSSR count). The predicted molar refractivity (Wildman–Crippen MR) is 169 cm³/mol. The number of carbonyl (C=O) groups excluding carboxylic acids is 5. The molecule has 0 radical (unpaired) electrons. The van der Waals surface area contributed by atoms with Gasteiger partial charge in [0.15, 0.2) is 0 Å². The Labute approximate surface area is 268 Å². The van der Waals surface area contributed by atoms with Crippen LogP contribution in [0.4, 0.5) is 0 Å². The lowest BCUT2D eigenvalue weighted by molar-refractivity contribution is -0.146. The number of rotatable bonds is 18. The van der Waals surface area contributed by atoms with Crippen LogP contribution in [0.1, 0.15) is 93.9 Å². The molecular weight excluding hydrogens is 588 g/mol. The lowest BCUT2D eigenvalue weighted by atomic mass is 9.92. The van der Waals surface area contributed by atoms with Crippen LogP contribution in [0.5, 0.6) is 0 Å². The van der Waals surface area contributed by atoms with E-state index in [-0.39, 0.29) is 23.7 Å². The van der Waals surface area contributed by atoms with Crippen molar-refractivity contribution in [2.24, 2.45) is 10.8 Å². The van der Waals surface area contributed by atoms with E-state index < -0.39 is 59.9 Å². The molecule has 262 valence electrons. The fourth-order valence-electron chi connectivity index (χ4n) is 3.67. The molecule has 0 aromatic carbocycles. The smallest absolute Gasteiger partial charge is 0.328 e. The van der Waals surface area contributed by atoms with Gasteiger partial charge in [0.05, 0.1) is 46.3 Å². The number of hydrogen-bond acceptors (Lipinski definition) is 11. The van der Waals surface area contributed by atoms with Crippen molar-refractivity contribution in [3.63, 3.8) is 0 Å². The Morgan fingerprint density at radius 2 is 0.956 bits per heavy atom. The quantitative estimate of drug-likeness (QED) is 0.107. The van der Waals surface area contributed by atoms with Gasteiger partial charge in [-0.15, -0.1) is 0 Å². The van der Waals surface area contributed by atoms with Gasteiger partial charge in [0.25, 0.3) is 0 Å². The Balaban J connectivity index is 0. The van der Waals surface area contributed by atoms with Gasteiger partial charge in [-0.1, -0.05) is 55.4 Å². The predicted octanol–water partition coefficient (Wildman–Crippen LogP) is 1.94. The van der Waals surface area contributed by atoms with Crippen LogP contribution < -0.4 is 21.3 Å². The molecule has 2 amide bonds. The second kappa shape index (κ2) is 22.3. The molecule has 0 aliphatic heterocycles. The van der Waals surface area contributed by atoms with Crippen molar-refractivity contribution >= 4 is 35.7 Å². The summed E-state index contributed by atoms with van der Waals surface area (Å²) in [5.41, 5.74) is 0.187. The summed E-state index contributed by atoms with van der Waals surface area (Å²) in [6, 6.07) is -3.11. The Hall–Kier alpha value is -3.26. The lowest BCUT2D eigenvalue weighted by Crippen LogP contribution is -2.51. The Morgan fingerprint density at radius 3 is 1.22 bits per heavy atom. The minimum Gasteiger partial charge on any atom is -0.481 e. The first-order chi connectivity index (χ1) is 20.7. The molecule has 0 unspecified atom stereocenters. The van der Waals surface area contributed by atoms with Gasteiger partial charge in [0.1, 0.15) is 12.1 Å². The molecule has 0 aromatic rings. The minimum absolute atomic E-state index is 0.0786. The van der Waals surface area contributed by atoms with E-state index in [9.17, 15) is 28.8 Å². The van der Waals surface area contributed by atoms with Crippen LogP contribution in [0.25, 0.3) is 0 Å². The molecule has 0 saturated carbocycles. The summed E-state index contributed by atoms with van der Waals surface area (Å²) in [5.74, 6) is -3.53. The first kappa shape index (κ1) is 43.9. The monoisotopic (exact) mass is 646 g/mol. The van der Waals surface area contributed by atoms with E-state index in [4.69, 9.17) is 5.11 Å². The van der Waals surface area contributed by atoms with E-state index in [0.29, 0.717) is 25.9 Å². The molecule has 0 heterocycles. The Bertz CT molecular complexity index is 944. The highest BCUT2D eigenvalue weighted by molar-refractivity contribution is 5.90. The molecule has 4 atom stereocenters. The third kappa shape index (κ3) is 22.0. The van der Waals surface area contributed by atoms with Crippen LogP contribution in [0.2, 0.25) is 0 Å². The summed E-state index contributed by atoms with van der Waals surface area (Å²) in [7, 11) is 3.79. The number of carbonyl (C=O) groups is 6. The Kier molecular flexibility index (Phi) is 21.7. The van der Waals surface area contributed by atoms with E-state index >= 15 is 0 Å². The van der Waals surface area contributed by atoms with Crippen LogP contribution in [-0.4, -0.2) is 99.4 Å². The molecule has 14 nitrogen and oxygen atoms in total. The fourth-order valence-corrected chi connectivity index (χ4v) is 3.67. The molecule has 14 heteroatoms. The van der Waals surface area contributed by atoms with Crippen molar-refractivity contribution in [2.75, 3.05) is 34.4 Å². The van der Waals surface area contributed by atoms with E-state index in [0.717, 1.165) is 12.8 Å². The maximum absolute atomic E-state index is 12.4. The standard InChI is InChI=1S/C16H30N2O5.C15H28N2O5/c1-7-11(15(21)23-6)18-14(20)12(10-13(19)22-5)17-9-8-16(2,3)4;1-6-10(14(21)22-5)17-13(20)11(9-12(18)19)16-8-7-15(2,3)4/h11-12,17H,7-10H2,1-6H3,(H,18,20);10-11,16H,6-9H2,1-5H3,(H,17,20)(H,18,19)/t11-,12-;10-,11-/m00/s1. The third-order valence-electron chi connectivity index (χ3n) is 6.56. The number of methoxy groups -OCH3 is 3. The van der Waals surface area contributed by atoms with Crippen LogP contribution >= 0.6 is 0 Å². The van der Waals surface area contributed by atoms with Crippen molar-refractivity contribution in [2.45, 2.75) is 118 Å². The van der Waals surface area contributed by atoms with Crippen molar-refractivity contribution < 1.29 is 48.1 Å². The topological polar surface area (TPSA) is 198 Å². The third-order valence-corrected chi connectivity index (χ3v) is 6.56. The summed E-state index contributed by atoms with van der Waals surface area (Å²) in [5, 5.41) is 20.1. The van der Waals surface area contributed by atoms with Crippen molar-refractivity contribution in [3.05, 3.63) is 0 Å². The van der Waals surface area contributed by atoms with E-state index in [1.165, 1.54) is 21.3 Å². The maximum atomic E-state index is 12.4. The summed E-state index contributed by atoms with van der Waals surface area (Å²) >= 11 is 0. The summed E-state index contributed by atoms with van der Waals surface area (Å²) in [6.45, 7) is 17.1. The molecule has 0 aliphatic carbocycles. The van der Waals surface area contributed by atoms with Gasteiger partial charge in [-0.2, -0.15) is 0 Å². The summed E-state index contributed by atoms with van der Waals surface area (Å²) < 4.78 is 13.9. The van der Waals surface area contributed by atoms with Gasteiger partial charge in [0, 0.05) is 0 Å². The molecule has 0 saturated heterocycles. The van der Waals surface area contributed by atoms with Gasteiger partial charge in [0.2, 0.25) is 11.8 Å². The zero-order valence-corrected chi connectivity index (χ0v) is 29.1. The summed E-state index contributed by atoms with van der Waals surface area (Å²) in [6.07, 6.45) is 1.99. The number of amides is 2. The van der Waals surface area contributed by atoms with Crippen LogP contribution in [0.3, 0.4) is 0 Å². The highest BCUT2D eigenvalue weighted by Crippen LogP contribution is 2.18. The van der Waals surface area contributed by atoms with Gasteiger partial charge in [-0.3, -0.25) is 19.2 Å². The minimum atomic E-state index is -1.07. The highest BCUT2D eigenvalue weighted by atomic mass is 16.5. The number of ether oxygens (including phenoxy) is 3. The SMILES string of the molecule is CC[C@H](NC(=O)[C@H](CC(=O)O)NCCC(C)(C)C)C(=O)OC.CC[C@H](NC(=O)[C@H](CC(=O)OC)NCCC(C)(C)C)C(=O)OC. The maximum Gasteiger partial charge on any atom is 0.328 e. The van der Waals surface area contributed by atoms with Crippen molar-refractivity contribution in [1.82, 2.24) is 21.3 Å². The molecule has 0 fully saturated rings. The number of aliphatic carboxylic acids is 1. The number of esters is 3. The lowest BCUT2D eigenvalue weighted by Gasteiger charge is -2.23. The second-order valence-corrected chi connectivity index (χ2v) is 13.0. The van der Waals surface area contributed by atoms with Gasteiger partial charge < -0.3 is 40.6 Å².